The Bertz CT molecular complexity index is 767. The first kappa shape index (κ1) is 20.2. The molecule has 2 atom stereocenters. The fraction of sp³-hybridized carbons (Fsp3) is 0.435. The third-order valence-corrected chi connectivity index (χ3v) is 4.79. The predicted molar refractivity (Wildman–Crippen MR) is 108 cm³/mol. The summed E-state index contributed by atoms with van der Waals surface area (Å²) in [7, 11) is 0. The van der Waals surface area contributed by atoms with E-state index in [1.807, 2.05) is 75.4 Å². The van der Waals surface area contributed by atoms with Crippen LogP contribution in [0.4, 0.5) is 4.79 Å². The van der Waals surface area contributed by atoms with Crippen LogP contribution in [0.15, 0.2) is 54.6 Å². The standard InChI is InChI=1S/C23H29NO4/c1-23(2,3)28-22(26)24-14-13-20(21(25)15-24)18-9-11-19(12-10-18)27-16-17-7-5-4-6-8-17/h4-12,20-21,25H,13-16H2,1-3H3/t20-,21?/m1/s1. The Balaban J connectivity index is 1.55. The van der Waals surface area contributed by atoms with Crippen LogP contribution in [0, 0.1) is 0 Å². The molecule has 2 aromatic carbocycles. The van der Waals surface area contributed by atoms with E-state index >= 15 is 0 Å². The van der Waals surface area contributed by atoms with Gasteiger partial charge in [-0.15, -0.1) is 0 Å². The lowest BCUT2D eigenvalue weighted by atomic mass is 9.87. The van der Waals surface area contributed by atoms with Gasteiger partial charge in [-0.2, -0.15) is 0 Å². The molecule has 28 heavy (non-hydrogen) atoms. The van der Waals surface area contributed by atoms with Gasteiger partial charge in [0.15, 0.2) is 0 Å². The van der Waals surface area contributed by atoms with E-state index in [-0.39, 0.29) is 18.6 Å². The van der Waals surface area contributed by atoms with Crippen LogP contribution < -0.4 is 4.74 Å². The number of likely N-dealkylation sites (tertiary alicyclic amines) is 1. The highest BCUT2D eigenvalue weighted by Crippen LogP contribution is 2.30. The van der Waals surface area contributed by atoms with Gasteiger partial charge in [-0.1, -0.05) is 42.5 Å². The predicted octanol–water partition coefficient (Wildman–Crippen LogP) is 4.35. The molecule has 0 saturated carbocycles. The Hall–Kier alpha value is -2.53. The lowest BCUT2D eigenvalue weighted by Gasteiger charge is -2.36. The summed E-state index contributed by atoms with van der Waals surface area (Å²) in [6, 6.07) is 17.9. The van der Waals surface area contributed by atoms with Crippen molar-refractivity contribution in [1.82, 2.24) is 4.90 Å². The number of carbonyl (C=O) groups is 1. The first-order chi connectivity index (χ1) is 13.3. The number of amides is 1. The Kier molecular flexibility index (Phi) is 6.25. The molecule has 1 amide bonds. The summed E-state index contributed by atoms with van der Waals surface area (Å²) in [5.41, 5.74) is 1.65. The van der Waals surface area contributed by atoms with Gasteiger partial charge in [0.2, 0.25) is 0 Å². The number of hydrogen-bond acceptors (Lipinski definition) is 4. The summed E-state index contributed by atoms with van der Waals surface area (Å²) in [5.74, 6) is 0.801. The van der Waals surface area contributed by atoms with E-state index < -0.39 is 11.7 Å². The Morgan fingerprint density at radius 2 is 1.79 bits per heavy atom. The van der Waals surface area contributed by atoms with E-state index in [0.717, 1.165) is 16.9 Å². The number of benzene rings is 2. The van der Waals surface area contributed by atoms with Gasteiger partial charge in [-0.05, 0) is 50.5 Å². The van der Waals surface area contributed by atoms with Crippen LogP contribution in [-0.2, 0) is 11.3 Å². The normalized spacial score (nSPS) is 19.9. The molecule has 1 saturated heterocycles. The zero-order valence-corrected chi connectivity index (χ0v) is 16.8. The summed E-state index contributed by atoms with van der Waals surface area (Å²) in [5, 5.41) is 10.6. The number of β-amino-alcohol motifs (C(OH)–C–C–N with tert-alkyl or cyclic N) is 1. The summed E-state index contributed by atoms with van der Waals surface area (Å²) in [6.07, 6.45) is -0.281. The molecular formula is C23H29NO4. The lowest BCUT2D eigenvalue weighted by molar-refractivity contribution is -0.00152. The fourth-order valence-corrected chi connectivity index (χ4v) is 3.36. The van der Waals surface area contributed by atoms with E-state index in [0.29, 0.717) is 19.6 Å². The highest BCUT2D eigenvalue weighted by Gasteiger charge is 2.33. The molecule has 3 rings (SSSR count). The smallest absolute Gasteiger partial charge is 0.410 e. The van der Waals surface area contributed by atoms with Crippen molar-refractivity contribution in [2.24, 2.45) is 0 Å². The maximum atomic E-state index is 12.2. The SMILES string of the molecule is CC(C)(C)OC(=O)N1CC[C@H](c2ccc(OCc3ccccc3)cc2)C(O)C1. The van der Waals surface area contributed by atoms with Crippen LogP contribution in [0.1, 0.15) is 44.2 Å². The number of nitrogens with zero attached hydrogens (tertiary/aromatic N) is 1. The van der Waals surface area contributed by atoms with Gasteiger partial charge in [0, 0.05) is 12.5 Å². The van der Waals surface area contributed by atoms with Gasteiger partial charge >= 0.3 is 6.09 Å². The number of hydrogen-bond donors (Lipinski definition) is 1. The molecule has 1 aliphatic heterocycles. The molecule has 1 heterocycles. The Morgan fingerprint density at radius 3 is 2.39 bits per heavy atom. The Morgan fingerprint density at radius 1 is 1.11 bits per heavy atom. The van der Waals surface area contributed by atoms with E-state index in [9.17, 15) is 9.90 Å². The largest absolute Gasteiger partial charge is 0.489 e. The highest BCUT2D eigenvalue weighted by molar-refractivity contribution is 5.68. The molecule has 1 fully saturated rings. The molecule has 0 aliphatic carbocycles. The van der Waals surface area contributed by atoms with Crippen molar-refractivity contribution in [2.75, 3.05) is 13.1 Å². The molecule has 1 unspecified atom stereocenters. The minimum atomic E-state index is -0.614. The number of aliphatic hydroxyl groups is 1. The number of aliphatic hydroxyl groups excluding tert-OH is 1. The first-order valence-electron chi connectivity index (χ1n) is 9.74. The van der Waals surface area contributed by atoms with Crippen LogP contribution in [0.25, 0.3) is 0 Å². The zero-order chi connectivity index (χ0) is 20.1. The maximum Gasteiger partial charge on any atom is 0.410 e. The molecule has 5 heteroatoms. The fourth-order valence-electron chi connectivity index (χ4n) is 3.36. The molecule has 0 spiro atoms. The summed E-state index contributed by atoms with van der Waals surface area (Å²) in [4.78, 5) is 13.8. The molecule has 0 radical (unpaired) electrons. The van der Waals surface area contributed by atoms with Gasteiger partial charge in [0.1, 0.15) is 18.0 Å². The lowest BCUT2D eigenvalue weighted by Crippen LogP contribution is -2.47. The maximum absolute atomic E-state index is 12.2. The summed E-state index contributed by atoms with van der Waals surface area (Å²) >= 11 is 0. The van der Waals surface area contributed by atoms with Crippen molar-refractivity contribution in [1.29, 1.82) is 0 Å². The second-order valence-corrected chi connectivity index (χ2v) is 8.23. The van der Waals surface area contributed by atoms with E-state index in [1.165, 1.54) is 0 Å². The second kappa shape index (κ2) is 8.65. The molecule has 2 aromatic rings. The van der Waals surface area contributed by atoms with E-state index in [4.69, 9.17) is 9.47 Å². The van der Waals surface area contributed by atoms with Crippen molar-refractivity contribution < 1.29 is 19.4 Å². The molecular weight excluding hydrogens is 354 g/mol. The van der Waals surface area contributed by atoms with Crippen molar-refractivity contribution >= 4 is 6.09 Å². The van der Waals surface area contributed by atoms with Gasteiger partial charge in [-0.3, -0.25) is 0 Å². The molecule has 0 bridgehead atoms. The minimum absolute atomic E-state index is 0.00172. The average Bonchev–Trinajstić information content (AvgIpc) is 2.66. The van der Waals surface area contributed by atoms with Gasteiger partial charge < -0.3 is 19.5 Å². The van der Waals surface area contributed by atoms with Gasteiger partial charge in [0.25, 0.3) is 0 Å². The van der Waals surface area contributed by atoms with Crippen molar-refractivity contribution in [3.05, 3.63) is 65.7 Å². The van der Waals surface area contributed by atoms with Crippen LogP contribution >= 0.6 is 0 Å². The molecule has 1 N–H and O–H groups in total. The van der Waals surface area contributed by atoms with Gasteiger partial charge in [0.05, 0.1) is 12.6 Å². The third kappa shape index (κ3) is 5.49. The summed E-state index contributed by atoms with van der Waals surface area (Å²) in [6.45, 7) is 6.91. The van der Waals surface area contributed by atoms with Crippen molar-refractivity contribution in [2.45, 2.75) is 51.4 Å². The number of rotatable bonds is 4. The van der Waals surface area contributed by atoms with Crippen molar-refractivity contribution in [3.63, 3.8) is 0 Å². The zero-order valence-electron chi connectivity index (χ0n) is 16.8. The van der Waals surface area contributed by atoms with Crippen molar-refractivity contribution in [3.8, 4) is 5.75 Å². The molecule has 0 aromatic heterocycles. The van der Waals surface area contributed by atoms with Crippen LogP contribution in [-0.4, -0.2) is 40.9 Å². The second-order valence-electron chi connectivity index (χ2n) is 8.23. The minimum Gasteiger partial charge on any atom is -0.489 e. The highest BCUT2D eigenvalue weighted by atomic mass is 16.6. The van der Waals surface area contributed by atoms with E-state index in [1.54, 1.807) is 4.90 Å². The van der Waals surface area contributed by atoms with Crippen LogP contribution in [0.2, 0.25) is 0 Å². The quantitative estimate of drug-likeness (QED) is 0.853. The Labute approximate surface area is 166 Å². The topological polar surface area (TPSA) is 59.0 Å². The molecule has 1 aliphatic rings. The number of ether oxygens (including phenoxy) is 2. The third-order valence-electron chi connectivity index (χ3n) is 4.79. The van der Waals surface area contributed by atoms with E-state index in [2.05, 4.69) is 0 Å². The van der Waals surface area contributed by atoms with Crippen LogP contribution in [0.5, 0.6) is 5.75 Å². The monoisotopic (exact) mass is 383 g/mol. The van der Waals surface area contributed by atoms with Crippen LogP contribution in [0.3, 0.4) is 0 Å². The number of piperidine rings is 1. The number of carbonyl (C=O) groups excluding carboxylic acids is 1. The molecule has 5 nitrogen and oxygen atoms in total. The molecule has 150 valence electrons. The summed E-state index contributed by atoms with van der Waals surface area (Å²) < 4.78 is 11.2. The first-order valence-corrected chi connectivity index (χ1v) is 9.74. The average molecular weight is 383 g/mol. The van der Waals surface area contributed by atoms with Gasteiger partial charge in [-0.25, -0.2) is 4.79 Å².